The van der Waals surface area contributed by atoms with Gasteiger partial charge < -0.3 is 10.4 Å². The van der Waals surface area contributed by atoms with E-state index in [1.165, 1.54) is 12.1 Å². The smallest absolute Gasteiger partial charge is 0.251 e. The first-order valence-corrected chi connectivity index (χ1v) is 10.1. The Bertz CT molecular complexity index is 1030. The van der Waals surface area contributed by atoms with Gasteiger partial charge in [0, 0.05) is 17.0 Å². The fourth-order valence-corrected chi connectivity index (χ4v) is 4.20. The third-order valence-corrected chi connectivity index (χ3v) is 5.94. The number of carbonyl (C=O) groups excluding carboxylic acids is 1. The molecule has 1 amide bonds. The van der Waals surface area contributed by atoms with Crippen LogP contribution in [0, 0.1) is 11.7 Å². The van der Waals surface area contributed by atoms with Crippen molar-refractivity contribution in [1.82, 2.24) is 15.1 Å². The number of hydrogen-bond acceptors (Lipinski definition) is 3. The molecular formula is C23H26FN3O2. The average Bonchev–Trinajstić information content (AvgIpc) is 3.11. The van der Waals surface area contributed by atoms with Gasteiger partial charge in [0.15, 0.2) is 0 Å². The van der Waals surface area contributed by atoms with Gasteiger partial charge in [-0.3, -0.25) is 4.79 Å². The molecule has 3 aromatic rings. The predicted octanol–water partition coefficient (Wildman–Crippen LogP) is 4.22. The fourth-order valence-electron chi connectivity index (χ4n) is 4.20. The molecule has 1 aliphatic carbocycles. The van der Waals surface area contributed by atoms with E-state index in [-0.39, 0.29) is 23.7 Å². The Morgan fingerprint density at radius 1 is 1.17 bits per heavy atom. The molecule has 6 heteroatoms. The highest BCUT2D eigenvalue weighted by atomic mass is 19.1. The van der Waals surface area contributed by atoms with Crippen LogP contribution in [0.15, 0.2) is 48.7 Å². The Morgan fingerprint density at radius 2 is 1.93 bits per heavy atom. The van der Waals surface area contributed by atoms with Crippen molar-refractivity contribution in [2.24, 2.45) is 5.92 Å². The Balaban J connectivity index is 1.47. The van der Waals surface area contributed by atoms with Crippen LogP contribution in [0.5, 0.6) is 0 Å². The van der Waals surface area contributed by atoms with Crippen LogP contribution in [0.1, 0.15) is 49.9 Å². The summed E-state index contributed by atoms with van der Waals surface area (Å²) in [6.45, 7) is 3.71. The number of carbonyl (C=O) groups is 1. The van der Waals surface area contributed by atoms with E-state index in [1.807, 2.05) is 26.0 Å². The van der Waals surface area contributed by atoms with E-state index >= 15 is 0 Å². The number of nitrogens with zero attached hydrogens (tertiary/aromatic N) is 2. The van der Waals surface area contributed by atoms with Gasteiger partial charge in [0.05, 0.1) is 23.0 Å². The van der Waals surface area contributed by atoms with Crippen molar-refractivity contribution in [3.63, 3.8) is 0 Å². The van der Waals surface area contributed by atoms with E-state index in [9.17, 15) is 14.3 Å². The molecule has 2 aromatic carbocycles. The van der Waals surface area contributed by atoms with E-state index in [4.69, 9.17) is 0 Å². The Morgan fingerprint density at radius 3 is 2.62 bits per heavy atom. The van der Waals surface area contributed by atoms with E-state index in [0.29, 0.717) is 11.3 Å². The molecule has 0 radical (unpaired) electrons. The number of benzene rings is 2. The molecule has 0 unspecified atom stereocenters. The van der Waals surface area contributed by atoms with E-state index in [2.05, 4.69) is 10.4 Å². The van der Waals surface area contributed by atoms with E-state index < -0.39 is 5.60 Å². The summed E-state index contributed by atoms with van der Waals surface area (Å²) in [7, 11) is 0. The van der Waals surface area contributed by atoms with Crippen molar-refractivity contribution in [3.8, 4) is 5.69 Å². The quantitative estimate of drug-likeness (QED) is 0.695. The average molecular weight is 395 g/mol. The van der Waals surface area contributed by atoms with Gasteiger partial charge in [-0.15, -0.1) is 0 Å². The fraction of sp³-hybridized carbons (Fsp3) is 0.391. The van der Waals surface area contributed by atoms with Crippen molar-refractivity contribution in [2.45, 2.75) is 51.2 Å². The second kappa shape index (κ2) is 7.59. The molecule has 1 heterocycles. The third-order valence-electron chi connectivity index (χ3n) is 5.94. The monoisotopic (exact) mass is 395 g/mol. The minimum absolute atomic E-state index is 0.0999. The maximum Gasteiger partial charge on any atom is 0.251 e. The maximum atomic E-state index is 13.5. The highest BCUT2D eigenvalue weighted by Gasteiger charge is 2.31. The Hall–Kier alpha value is -2.73. The molecule has 2 N–H and O–H groups in total. The van der Waals surface area contributed by atoms with Crippen LogP contribution in [-0.4, -0.2) is 32.4 Å². The number of nitrogens with one attached hydrogen (secondary N) is 1. The topological polar surface area (TPSA) is 67.2 Å². The SMILES string of the molecule is CC(C)(O)C1CCC(NC(=O)c2ccc3c(cnn3-c3cccc(F)c3)c2)CC1. The lowest BCUT2D eigenvalue weighted by Crippen LogP contribution is -2.41. The van der Waals surface area contributed by atoms with Crippen LogP contribution in [0.4, 0.5) is 4.39 Å². The summed E-state index contributed by atoms with van der Waals surface area (Å²) in [6, 6.07) is 11.8. The van der Waals surface area contributed by atoms with Crippen LogP contribution >= 0.6 is 0 Å². The van der Waals surface area contributed by atoms with E-state index in [1.54, 1.807) is 29.1 Å². The summed E-state index contributed by atoms with van der Waals surface area (Å²) in [5.41, 5.74) is 1.38. The summed E-state index contributed by atoms with van der Waals surface area (Å²) < 4.78 is 15.2. The molecule has 0 atom stereocenters. The van der Waals surface area contributed by atoms with Crippen LogP contribution in [0.3, 0.4) is 0 Å². The lowest BCUT2D eigenvalue weighted by molar-refractivity contribution is -0.00257. The van der Waals surface area contributed by atoms with Gasteiger partial charge in [0.25, 0.3) is 5.91 Å². The molecule has 1 fully saturated rings. The molecular weight excluding hydrogens is 369 g/mol. The maximum absolute atomic E-state index is 13.5. The summed E-state index contributed by atoms with van der Waals surface area (Å²) >= 11 is 0. The van der Waals surface area contributed by atoms with Crippen molar-refractivity contribution in [3.05, 3.63) is 60.0 Å². The molecule has 0 saturated heterocycles. The van der Waals surface area contributed by atoms with Crippen molar-refractivity contribution in [1.29, 1.82) is 0 Å². The number of aromatic nitrogens is 2. The van der Waals surface area contributed by atoms with Crippen LogP contribution in [0.2, 0.25) is 0 Å². The zero-order valence-electron chi connectivity index (χ0n) is 16.7. The van der Waals surface area contributed by atoms with Gasteiger partial charge in [-0.25, -0.2) is 9.07 Å². The van der Waals surface area contributed by atoms with Crippen LogP contribution < -0.4 is 5.32 Å². The number of amides is 1. The Kier molecular flexibility index (Phi) is 5.13. The van der Waals surface area contributed by atoms with Crippen LogP contribution in [0.25, 0.3) is 16.6 Å². The molecule has 1 saturated carbocycles. The standard InChI is InChI=1S/C23H26FN3O2/c1-23(2,29)17-7-9-19(10-8-17)26-22(28)15-6-11-21-16(12-15)14-25-27(21)20-5-3-4-18(24)13-20/h3-6,11-14,17,19,29H,7-10H2,1-2H3,(H,26,28). The minimum Gasteiger partial charge on any atom is -0.390 e. The first kappa shape index (κ1) is 19.6. The van der Waals surface area contributed by atoms with Gasteiger partial charge in [-0.05, 0) is 81.8 Å². The van der Waals surface area contributed by atoms with Gasteiger partial charge in [-0.2, -0.15) is 5.10 Å². The molecule has 0 bridgehead atoms. The minimum atomic E-state index is -0.665. The lowest BCUT2D eigenvalue weighted by Gasteiger charge is -2.36. The molecule has 0 spiro atoms. The number of fused-ring (bicyclic) bond motifs is 1. The highest BCUT2D eigenvalue weighted by molar-refractivity contribution is 5.98. The first-order valence-electron chi connectivity index (χ1n) is 10.1. The van der Waals surface area contributed by atoms with Gasteiger partial charge in [0.2, 0.25) is 0 Å². The largest absolute Gasteiger partial charge is 0.390 e. The number of hydrogen-bond donors (Lipinski definition) is 2. The second-order valence-electron chi connectivity index (χ2n) is 8.49. The highest BCUT2D eigenvalue weighted by Crippen LogP contribution is 2.32. The zero-order chi connectivity index (χ0) is 20.6. The lowest BCUT2D eigenvalue weighted by atomic mass is 9.77. The number of halogens is 1. The zero-order valence-corrected chi connectivity index (χ0v) is 16.7. The predicted molar refractivity (Wildman–Crippen MR) is 111 cm³/mol. The summed E-state index contributed by atoms with van der Waals surface area (Å²) in [4.78, 5) is 12.7. The molecule has 1 aliphatic rings. The molecule has 152 valence electrons. The summed E-state index contributed by atoms with van der Waals surface area (Å²) in [5.74, 6) is -0.140. The number of rotatable bonds is 4. The molecule has 4 rings (SSSR count). The normalized spacial score (nSPS) is 20.0. The second-order valence-corrected chi connectivity index (χ2v) is 8.49. The summed E-state index contributed by atoms with van der Waals surface area (Å²) in [6.07, 6.45) is 5.26. The van der Waals surface area contributed by atoms with Gasteiger partial charge in [-0.1, -0.05) is 6.07 Å². The van der Waals surface area contributed by atoms with Gasteiger partial charge >= 0.3 is 0 Å². The number of aliphatic hydroxyl groups is 1. The first-order chi connectivity index (χ1) is 13.8. The molecule has 5 nitrogen and oxygen atoms in total. The van der Waals surface area contributed by atoms with Crippen molar-refractivity contribution in [2.75, 3.05) is 0 Å². The van der Waals surface area contributed by atoms with E-state index in [0.717, 1.165) is 36.6 Å². The van der Waals surface area contributed by atoms with Crippen molar-refractivity contribution < 1.29 is 14.3 Å². The molecule has 1 aromatic heterocycles. The van der Waals surface area contributed by atoms with Crippen LogP contribution in [-0.2, 0) is 0 Å². The van der Waals surface area contributed by atoms with Gasteiger partial charge in [0.1, 0.15) is 5.82 Å². The molecule has 0 aliphatic heterocycles. The summed E-state index contributed by atoms with van der Waals surface area (Å²) in [5, 5.41) is 18.5. The van der Waals surface area contributed by atoms with Crippen molar-refractivity contribution >= 4 is 16.8 Å². The molecule has 29 heavy (non-hydrogen) atoms. The Labute approximate surface area is 169 Å². The third kappa shape index (κ3) is 4.17.